The van der Waals surface area contributed by atoms with Crippen LogP contribution in [0.15, 0.2) is 58.3 Å². The summed E-state index contributed by atoms with van der Waals surface area (Å²) in [5, 5.41) is 18.1. The van der Waals surface area contributed by atoms with Gasteiger partial charge in [0.25, 0.3) is 11.8 Å². The highest BCUT2D eigenvalue weighted by Gasteiger charge is 2.53. The van der Waals surface area contributed by atoms with Crippen LogP contribution in [-0.2, 0) is 56.3 Å². The van der Waals surface area contributed by atoms with E-state index in [9.17, 15) is 26.4 Å². The van der Waals surface area contributed by atoms with E-state index >= 15 is 0 Å². The molecule has 0 spiro atoms. The number of piperidine rings is 1. The number of likely N-dealkylation sites (tertiary alicyclic amines) is 1. The smallest absolute Gasteiger partial charge is 0.265 e. The van der Waals surface area contributed by atoms with E-state index in [-0.39, 0.29) is 51.5 Å². The van der Waals surface area contributed by atoms with E-state index in [1.54, 1.807) is 29.7 Å². The SMILES string of the molecule is CCOCCc1ccc(S(=O)(=O)C2(C(=O)NO)CCN(C)CC2)cc1.CCOCCc1ccc(S(=O)(=O)C2(C(=O)NO)CCOCC2)cc1.[HH].[HH]. The third kappa shape index (κ3) is 9.24. The van der Waals surface area contributed by atoms with Gasteiger partial charge in [0.1, 0.15) is 0 Å². The first-order chi connectivity index (χ1) is 23.3. The van der Waals surface area contributed by atoms with Crippen LogP contribution in [0.1, 0.15) is 53.5 Å². The summed E-state index contributed by atoms with van der Waals surface area (Å²) in [6.07, 6.45) is 1.68. The molecule has 2 saturated heterocycles. The number of carbonyl (C=O) groups excluding carboxylic acids is 2. The molecule has 2 amide bonds. The van der Waals surface area contributed by atoms with Gasteiger partial charge in [-0.15, -0.1) is 0 Å². The second kappa shape index (κ2) is 18.3. The van der Waals surface area contributed by atoms with E-state index in [1.165, 1.54) is 29.7 Å². The minimum atomic E-state index is -3.96. The van der Waals surface area contributed by atoms with Crippen LogP contribution in [0, 0.1) is 0 Å². The molecular formula is C33H53N3O11S2. The topological polar surface area (TPSA) is 198 Å². The Morgan fingerprint density at radius 2 is 1.10 bits per heavy atom. The van der Waals surface area contributed by atoms with E-state index in [2.05, 4.69) is 0 Å². The van der Waals surface area contributed by atoms with Crippen molar-refractivity contribution in [2.24, 2.45) is 0 Å². The Labute approximate surface area is 291 Å². The van der Waals surface area contributed by atoms with Gasteiger partial charge in [0.15, 0.2) is 29.2 Å². The number of benzene rings is 2. The van der Waals surface area contributed by atoms with Crippen LogP contribution < -0.4 is 11.0 Å². The number of amides is 2. The van der Waals surface area contributed by atoms with Crippen LogP contribution in [0.4, 0.5) is 0 Å². The number of hydrogen-bond donors (Lipinski definition) is 4. The standard InChI is InChI=1S/C17H26N2O5S.C16H23NO6S.2H2/c1-3-24-13-8-14-4-6-15(7-5-14)25(22,23)17(16(20)18-21)9-11-19(2)12-10-17;1-2-22-10-7-13-3-5-14(6-4-13)24(20,21)16(15(18)17-19)8-11-23-12-9-16;;/h4-7,21H,3,8-13H2,1-2H3,(H,18,20);3-6,19H,2,7-12H2,1H3,(H,17,18);2*1H. The predicted molar refractivity (Wildman–Crippen MR) is 184 cm³/mol. The van der Waals surface area contributed by atoms with Gasteiger partial charge >= 0.3 is 0 Å². The summed E-state index contributed by atoms with van der Waals surface area (Å²) < 4.78 is 64.8. The van der Waals surface area contributed by atoms with Crippen molar-refractivity contribution in [3.05, 3.63) is 59.7 Å². The summed E-state index contributed by atoms with van der Waals surface area (Å²) in [4.78, 5) is 26.5. The maximum Gasteiger partial charge on any atom is 0.265 e. The van der Waals surface area contributed by atoms with Gasteiger partial charge in [-0.05, 0) is 108 Å². The summed E-state index contributed by atoms with van der Waals surface area (Å²) in [5.74, 6) is -1.77. The number of hydrogen-bond acceptors (Lipinski definition) is 12. The molecule has 2 fully saturated rings. The Morgan fingerprint density at radius 3 is 1.45 bits per heavy atom. The molecule has 0 atom stereocenters. The monoisotopic (exact) mass is 731 g/mol. The first-order valence-electron chi connectivity index (χ1n) is 16.3. The van der Waals surface area contributed by atoms with Gasteiger partial charge in [0, 0.05) is 29.3 Å². The molecule has 278 valence electrons. The fraction of sp³-hybridized carbons (Fsp3) is 0.576. The Morgan fingerprint density at radius 1 is 0.735 bits per heavy atom. The van der Waals surface area contributed by atoms with E-state index < -0.39 is 41.0 Å². The molecule has 0 unspecified atom stereocenters. The molecule has 49 heavy (non-hydrogen) atoms. The highest BCUT2D eigenvalue weighted by atomic mass is 32.2. The fourth-order valence-corrected chi connectivity index (χ4v) is 9.81. The summed E-state index contributed by atoms with van der Waals surface area (Å²) in [6, 6.07) is 13.0. The van der Waals surface area contributed by atoms with Crippen LogP contribution >= 0.6 is 0 Å². The van der Waals surface area contributed by atoms with Crippen molar-refractivity contribution in [2.75, 3.05) is 59.8 Å². The summed E-state index contributed by atoms with van der Waals surface area (Å²) in [7, 11) is -6.01. The number of ether oxygens (including phenoxy) is 3. The summed E-state index contributed by atoms with van der Waals surface area (Å²) >= 11 is 0. The van der Waals surface area contributed by atoms with Gasteiger partial charge in [-0.3, -0.25) is 20.0 Å². The van der Waals surface area contributed by atoms with Crippen molar-refractivity contribution < 1.29 is 53.9 Å². The molecule has 2 heterocycles. The molecule has 0 saturated carbocycles. The lowest BCUT2D eigenvalue weighted by atomic mass is 9.95. The maximum absolute atomic E-state index is 13.2. The minimum absolute atomic E-state index is 0. The zero-order valence-electron chi connectivity index (χ0n) is 28.4. The molecule has 2 aliphatic heterocycles. The van der Waals surface area contributed by atoms with Gasteiger partial charge < -0.3 is 19.1 Å². The lowest BCUT2D eigenvalue weighted by Gasteiger charge is -2.38. The number of carbonyl (C=O) groups is 2. The predicted octanol–water partition coefficient (Wildman–Crippen LogP) is 2.60. The van der Waals surface area contributed by atoms with E-state index in [0.29, 0.717) is 52.4 Å². The normalized spacial score (nSPS) is 17.7. The van der Waals surface area contributed by atoms with Crippen LogP contribution in [-0.4, -0.2) is 113 Å². The van der Waals surface area contributed by atoms with Crippen LogP contribution in [0.5, 0.6) is 0 Å². The molecule has 0 aliphatic carbocycles. The average molecular weight is 732 g/mol. The van der Waals surface area contributed by atoms with Crippen molar-refractivity contribution in [1.29, 1.82) is 0 Å². The first-order valence-corrected chi connectivity index (χ1v) is 19.3. The number of sulfone groups is 2. The molecule has 14 nitrogen and oxygen atoms in total. The lowest BCUT2D eigenvalue weighted by Crippen LogP contribution is -2.57. The van der Waals surface area contributed by atoms with Gasteiger partial charge in [-0.1, -0.05) is 24.3 Å². The Balaban J connectivity index is 0.000000491. The molecule has 0 aromatic heterocycles. The third-order valence-electron chi connectivity index (χ3n) is 9.10. The quantitative estimate of drug-likeness (QED) is 0.126. The van der Waals surface area contributed by atoms with Crippen molar-refractivity contribution in [3.63, 3.8) is 0 Å². The molecule has 2 aliphatic rings. The second-order valence-electron chi connectivity index (χ2n) is 12.0. The van der Waals surface area contributed by atoms with Gasteiger partial charge in [-0.2, -0.15) is 0 Å². The second-order valence-corrected chi connectivity index (χ2v) is 16.5. The van der Waals surface area contributed by atoms with Crippen LogP contribution in [0.25, 0.3) is 0 Å². The van der Waals surface area contributed by atoms with Crippen LogP contribution in [0.3, 0.4) is 0 Å². The molecule has 0 bridgehead atoms. The van der Waals surface area contributed by atoms with Crippen molar-refractivity contribution in [3.8, 4) is 0 Å². The minimum Gasteiger partial charge on any atom is -0.381 e. The molecule has 4 rings (SSSR count). The molecule has 16 heteroatoms. The number of hydroxylamine groups is 2. The molecular weight excluding hydrogens is 679 g/mol. The maximum atomic E-state index is 13.2. The third-order valence-corrected chi connectivity index (χ3v) is 14.1. The largest absolute Gasteiger partial charge is 0.381 e. The Bertz CT molecular complexity index is 1580. The zero-order chi connectivity index (χ0) is 36.1. The average Bonchev–Trinajstić information content (AvgIpc) is 3.12. The van der Waals surface area contributed by atoms with Gasteiger partial charge in [-0.25, -0.2) is 27.8 Å². The fourth-order valence-electron chi connectivity index (χ4n) is 5.91. The zero-order valence-corrected chi connectivity index (χ0v) is 30.0. The van der Waals surface area contributed by atoms with E-state index in [1.807, 2.05) is 25.8 Å². The Hall–Kier alpha value is -2.96. The summed E-state index contributed by atoms with van der Waals surface area (Å²) in [6.45, 7) is 7.49. The molecule has 4 N–H and O–H groups in total. The number of nitrogens with zero attached hydrogens (tertiary/aromatic N) is 1. The Kier molecular flexibility index (Phi) is 15.1. The van der Waals surface area contributed by atoms with Crippen molar-refractivity contribution >= 4 is 31.5 Å². The lowest BCUT2D eigenvalue weighted by molar-refractivity contribution is -0.134. The first kappa shape index (κ1) is 40.5. The molecule has 2 aromatic rings. The van der Waals surface area contributed by atoms with Gasteiger partial charge in [0.05, 0.1) is 23.0 Å². The highest BCUT2D eigenvalue weighted by molar-refractivity contribution is 7.94. The molecule has 2 aromatic carbocycles. The van der Waals surface area contributed by atoms with Crippen molar-refractivity contribution in [2.45, 2.75) is 71.7 Å². The summed E-state index contributed by atoms with van der Waals surface area (Å²) in [5.41, 5.74) is 4.99. The van der Waals surface area contributed by atoms with Crippen molar-refractivity contribution in [1.82, 2.24) is 15.9 Å². The molecule has 0 radical (unpaired) electrons. The van der Waals surface area contributed by atoms with E-state index in [0.717, 1.165) is 11.1 Å². The number of rotatable bonds is 14. The highest BCUT2D eigenvalue weighted by Crippen LogP contribution is 2.37. The number of nitrogens with one attached hydrogen (secondary N) is 2. The van der Waals surface area contributed by atoms with Crippen LogP contribution in [0.2, 0.25) is 0 Å². The van der Waals surface area contributed by atoms with E-state index in [4.69, 9.17) is 24.6 Å². The van der Waals surface area contributed by atoms with Gasteiger partial charge in [0.2, 0.25) is 0 Å².